The second kappa shape index (κ2) is 9.04. The molecule has 0 saturated carbocycles. The van der Waals surface area contributed by atoms with Gasteiger partial charge in [-0.2, -0.15) is 12.6 Å². The molecule has 2 aromatic rings. The zero-order valence-electron chi connectivity index (χ0n) is 15.1. The van der Waals surface area contributed by atoms with Crippen molar-refractivity contribution in [3.63, 3.8) is 0 Å². The number of nitrogens with zero attached hydrogens (tertiary/aromatic N) is 1. The maximum atomic E-state index is 12.6. The van der Waals surface area contributed by atoms with Crippen molar-refractivity contribution >= 4 is 59.5 Å². The summed E-state index contributed by atoms with van der Waals surface area (Å²) in [6, 6.07) is 12.6. The van der Waals surface area contributed by atoms with E-state index in [-0.39, 0.29) is 12.3 Å². The molecule has 1 aliphatic carbocycles. The standard InChI is InChI=1S/C20H18Cl3NO4S/c21-20(22,23)11-28-19(27)24(17(10-29)18(25)26)9-13-5-3-7-15-14-6-2-1-4-12(14)8-16(13)15/h1-7,17,29H,8-11H2,(H,25,26)/t17-/m1/s1. The molecular formula is C20H18Cl3NO4S. The molecule has 0 saturated heterocycles. The minimum absolute atomic E-state index is 0.0351. The van der Waals surface area contributed by atoms with Gasteiger partial charge in [0.05, 0.1) is 6.54 Å². The number of carboxylic acid groups (broad SMARTS) is 1. The average Bonchev–Trinajstić information content (AvgIpc) is 3.05. The maximum Gasteiger partial charge on any atom is 0.410 e. The van der Waals surface area contributed by atoms with E-state index < -0.39 is 28.5 Å². The summed E-state index contributed by atoms with van der Waals surface area (Å²) in [5.41, 5.74) is 5.28. The Bertz CT molecular complexity index is 932. The van der Waals surface area contributed by atoms with Crippen LogP contribution in [0.5, 0.6) is 0 Å². The number of carbonyl (C=O) groups is 2. The predicted molar refractivity (Wildman–Crippen MR) is 117 cm³/mol. The van der Waals surface area contributed by atoms with Crippen LogP contribution in [-0.4, -0.2) is 44.3 Å². The highest BCUT2D eigenvalue weighted by Crippen LogP contribution is 2.38. The van der Waals surface area contributed by atoms with Crippen LogP contribution >= 0.6 is 47.4 Å². The Morgan fingerprint density at radius 2 is 1.83 bits per heavy atom. The normalized spacial score (nSPS) is 13.4. The van der Waals surface area contributed by atoms with Crippen molar-refractivity contribution in [1.29, 1.82) is 0 Å². The number of thiol groups is 1. The van der Waals surface area contributed by atoms with E-state index in [4.69, 9.17) is 39.5 Å². The summed E-state index contributed by atoms with van der Waals surface area (Å²) in [7, 11) is 0. The van der Waals surface area contributed by atoms with Crippen molar-refractivity contribution in [3.8, 4) is 11.1 Å². The number of carboxylic acids is 1. The van der Waals surface area contributed by atoms with Crippen molar-refractivity contribution in [3.05, 3.63) is 59.2 Å². The van der Waals surface area contributed by atoms with Gasteiger partial charge in [-0.15, -0.1) is 0 Å². The number of amides is 1. The van der Waals surface area contributed by atoms with Crippen LogP contribution in [0.25, 0.3) is 11.1 Å². The minimum atomic E-state index is -1.79. The van der Waals surface area contributed by atoms with Gasteiger partial charge in [0, 0.05) is 5.75 Å². The summed E-state index contributed by atoms with van der Waals surface area (Å²) in [4.78, 5) is 25.5. The second-order valence-corrected chi connectivity index (χ2v) is 9.49. The van der Waals surface area contributed by atoms with E-state index in [1.807, 2.05) is 36.4 Å². The van der Waals surface area contributed by atoms with Crippen LogP contribution in [-0.2, 0) is 22.5 Å². The number of benzene rings is 2. The van der Waals surface area contributed by atoms with Crippen molar-refractivity contribution in [2.45, 2.75) is 22.8 Å². The van der Waals surface area contributed by atoms with Gasteiger partial charge in [0.1, 0.15) is 12.6 Å². The minimum Gasteiger partial charge on any atom is -0.480 e. The Hall–Kier alpha value is -1.60. The summed E-state index contributed by atoms with van der Waals surface area (Å²) >= 11 is 21.0. The molecule has 29 heavy (non-hydrogen) atoms. The molecule has 0 bridgehead atoms. The lowest BCUT2D eigenvalue weighted by Crippen LogP contribution is -2.46. The van der Waals surface area contributed by atoms with Gasteiger partial charge in [-0.1, -0.05) is 77.3 Å². The van der Waals surface area contributed by atoms with Crippen LogP contribution in [0, 0.1) is 0 Å². The van der Waals surface area contributed by atoms with Gasteiger partial charge in [-0.05, 0) is 34.2 Å². The molecule has 0 fully saturated rings. The fraction of sp³-hybridized carbons (Fsp3) is 0.300. The van der Waals surface area contributed by atoms with Crippen LogP contribution in [0.1, 0.15) is 16.7 Å². The first-order valence-electron chi connectivity index (χ1n) is 8.74. The third-order valence-electron chi connectivity index (χ3n) is 4.72. The van der Waals surface area contributed by atoms with E-state index in [0.29, 0.717) is 6.42 Å². The zero-order valence-corrected chi connectivity index (χ0v) is 18.3. The van der Waals surface area contributed by atoms with Crippen molar-refractivity contribution in [2.75, 3.05) is 12.4 Å². The van der Waals surface area contributed by atoms with Gasteiger partial charge in [-0.25, -0.2) is 9.59 Å². The monoisotopic (exact) mass is 473 g/mol. The fourth-order valence-electron chi connectivity index (χ4n) is 3.39. The van der Waals surface area contributed by atoms with Crippen LogP contribution in [0.15, 0.2) is 42.5 Å². The zero-order chi connectivity index (χ0) is 21.2. The molecule has 3 rings (SSSR count). The highest BCUT2D eigenvalue weighted by Gasteiger charge is 2.33. The molecule has 1 atom stereocenters. The van der Waals surface area contributed by atoms with E-state index in [1.54, 1.807) is 0 Å². The first kappa shape index (κ1) is 22.1. The molecule has 1 N–H and O–H groups in total. The van der Waals surface area contributed by atoms with E-state index in [9.17, 15) is 14.7 Å². The number of alkyl halides is 3. The Morgan fingerprint density at radius 3 is 2.48 bits per heavy atom. The number of hydrogen-bond acceptors (Lipinski definition) is 4. The largest absolute Gasteiger partial charge is 0.480 e. The maximum absolute atomic E-state index is 12.6. The lowest BCUT2D eigenvalue weighted by Gasteiger charge is -2.28. The molecular weight excluding hydrogens is 457 g/mol. The second-order valence-electron chi connectivity index (χ2n) is 6.61. The molecule has 0 radical (unpaired) electrons. The van der Waals surface area contributed by atoms with Gasteiger partial charge in [0.15, 0.2) is 0 Å². The van der Waals surface area contributed by atoms with Crippen molar-refractivity contribution < 1.29 is 19.4 Å². The summed E-state index contributed by atoms with van der Waals surface area (Å²) in [5.74, 6) is -1.28. The molecule has 2 aromatic carbocycles. The Balaban J connectivity index is 1.91. The van der Waals surface area contributed by atoms with Gasteiger partial charge in [-0.3, -0.25) is 4.90 Å². The highest BCUT2D eigenvalue weighted by molar-refractivity contribution is 7.80. The smallest absolute Gasteiger partial charge is 0.410 e. The Labute approximate surface area is 188 Å². The molecule has 0 unspecified atom stereocenters. The summed E-state index contributed by atoms with van der Waals surface area (Å²) in [6.07, 6.45) is -0.178. The van der Waals surface area contributed by atoms with Crippen molar-refractivity contribution in [2.24, 2.45) is 0 Å². The molecule has 154 valence electrons. The number of carbonyl (C=O) groups excluding carboxylic acids is 1. The number of aliphatic carboxylic acids is 1. The third-order valence-corrected chi connectivity index (χ3v) is 5.39. The first-order chi connectivity index (χ1) is 13.7. The lowest BCUT2D eigenvalue weighted by atomic mass is 10.0. The average molecular weight is 475 g/mol. The van der Waals surface area contributed by atoms with Gasteiger partial charge >= 0.3 is 12.1 Å². The summed E-state index contributed by atoms with van der Waals surface area (Å²) in [6.45, 7) is -0.461. The number of rotatable bonds is 6. The Kier molecular flexibility index (Phi) is 6.89. The van der Waals surface area contributed by atoms with E-state index >= 15 is 0 Å². The molecule has 1 amide bonds. The summed E-state index contributed by atoms with van der Waals surface area (Å²) < 4.78 is 3.25. The van der Waals surface area contributed by atoms with Crippen LogP contribution in [0.4, 0.5) is 4.79 Å². The molecule has 9 heteroatoms. The van der Waals surface area contributed by atoms with E-state index in [2.05, 4.69) is 18.7 Å². The fourth-order valence-corrected chi connectivity index (χ4v) is 3.91. The van der Waals surface area contributed by atoms with Crippen LogP contribution < -0.4 is 0 Å². The topological polar surface area (TPSA) is 66.8 Å². The SMILES string of the molecule is O=C(O)[C@@H](CS)N(Cc1cccc2c1Cc1ccccc1-2)C(=O)OCC(Cl)(Cl)Cl. The predicted octanol–water partition coefficient (Wildman–Crippen LogP) is 4.95. The van der Waals surface area contributed by atoms with Gasteiger partial charge in [0.2, 0.25) is 3.79 Å². The van der Waals surface area contributed by atoms with Gasteiger partial charge in [0.25, 0.3) is 0 Å². The van der Waals surface area contributed by atoms with Crippen LogP contribution in [0.2, 0.25) is 0 Å². The number of ether oxygens (including phenoxy) is 1. The van der Waals surface area contributed by atoms with Gasteiger partial charge < -0.3 is 9.84 Å². The molecule has 0 aromatic heterocycles. The van der Waals surface area contributed by atoms with E-state index in [0.717, 1.165) is 27.2 Å². The molecule has 5 nitrogen and oxygen atoms in total. The van der Waals surface area contributed by atoms with Crippen LogP contribution in [0.3, 0.4) is 0 Å². The number of fused-ring (bicyclic) bond motifs is 3. The highest BCUT2D eigenvalue weighted by atomic mass is 35.6. The number of halogens is 3. The lowest BCUT2D eigenvalue weighted by molar-refractivity contribution is -0.142. The van der Waals surface area contributed by atoms with Crippen molar-refractivity contribution in [1.82, 2.24) is 4.90 Å². The Morgan fingerprint density at radius 1 is 1.14 bits per heavy atom. The van der Waals surface area contributed by atoms with E-state index in [1.165, 1.54) is 5.56 Å². The third kappa shape index (κ3) is 5.12. The quantitative estimate of drug-likeness (QED) is 0.392. The molecule has 0 aliphatic heterocycles. The molecule has 0 heterocycles. The summed E-state index contributed by atoms with van der Waals surface area (Å²) in [5, 5.41) is 9.56. The first-order valence-corrected chi connectivity index (χ1v) is 10.5. The number of hydrogen-bond donors (Lipinski definition) is 2. The molecule has 0 spiro atoms. The molecule has 1 aliphatic rings.